The maximum atomic E-state index is 12.7. The van der Waals surface area contributed by atoms with Crippen LogP contribution in [-0.4, -0.2) is 34.9 Å². The molecule has 0 aromatic heterocycles. The van der Waals surface area contributed by atoms with E-state index < -0.39 is 10.8 Å². The first kappa shape index (κ1) is 26.1. The average molecular weight is 538 g/mol. The SMILES string of the molecule is O=C(NC(=S)Nc1ccc(NC(=O)c2cccc(Cl)c2)cc1)c1ccc(N2CCCCC2)c([N+](=O)[O-])c1. The second kappa shape index (κ2) is 11.8. The summed E-state index contributed by atoms with van der Waals surface area (Å²) in [7, 11) is 0. The largest absolute Gasteiger partial charge is 0.366 e. The number of nitrogens with one attached hydrogen (secondary N) is 3. The zero-order chi connectivity index (χ0) is 26.4. The Kier molecular flexibility index (Phi) is 8.32. The number of nitro benzene ring substituents is 1. The molecule has 2 amide bonds. The second-order valence-electron chi connectivity index (χ2n) is 8.46. The van der Waals surface area contributed by atoms with Crippen LogP contribution in [0.1, 0.15) is 40.0 Å². The van der Waals surface area contributed by atoms with E-state index in [9.17, 15) is 19.7 Å². The first-order chi connectivity index (χ1) is 17.8. The lowest BCUT2D eigenvalue weighted by molar-refractivity contribution is -0.384. The summed E-state index contributed by atoms with van der Waals surface area (Å²) in [5.41, 5.74) is 2.12. The van der Waals surface area contributed by atoms with Crippen molar-refractivity contribution in [2.75, 3.05) is 28.6 Å². The first-order valence-electron chi connectivity index (χ1n) is 11.6. The van der Waals surface area contributed by atoms with Crippen LogP contribution in [-0.2, 0) is 0 Å². The van der Waals surface area contributed by atoms with Crippen molar-refractivity contribution in [3.8, 4) is 0 Å². The lowest BCUT2D eigenvalue weighted by Crippen LogP contribution is -2.34. The number of hydrogen-bond donors (Lipinski definition) is 3. The van der Waals surface area contributed by atoms with Gasteiger partial charge >= 0.3 is 0 Å². The minimum Gasteiger partial charge on any atom is -0.366 e. The van der Waals surface area contributed by atoms with Crippen molar-refractivity contribution in [3.05, 3.63) is 93.0 Å². The molecule has 0 unspecified atom stereocenters. The smallest absolute Gasteiger partial charge is 0.293 e. The molecule has 1 saturated heterocycles. The molecular weight excluding hydrogens is 514 g/mol. The lowest BCUT2D eigenvalue weighted by atomic mass is 10.1. The third-order valence-corrected chi connectivity index (χ3v) is 6.28. The summed E-state index contributed by atoms with van der Waals surface area (Å²) in [6, 6.07) is 17.8. The molecule has 9 nitrogen and oxygen atoms in total. The van der Waals surface area contributed by atoms with E-state index >= 15 is 0 Å². The summed E-state index contributed by atoms with van der Waals surface area (Å²) >= 11 is 11.2. The summed E-state index contributed by atoms with van der Waals surface area (Å²) < 4.78 is 0. The Morgan fingerprint density at radius 3 is 2.16 bits per heavy atom. The summed E-state index contributed by atoms with van der Waals surface area (Å²) in [5.74, 6) is -0.859. The number of piperidine rings is 1. The first-order valence-corrected chi connectivity index (χ1v) is 12.4. The lowest BCUT2D eigenvalue weighted by Gasteiger charge is -2.28. The Balaban J connectivity index is 1.36. The molecule has 3 N–H and O–H groups in total. The maximum Gasteiger partial charge on any atom is 0.293 e. The molecule has 1 aliphatic rings. The fourth-order valence-corrected chi connectivity index (χ4v) is 4.42. The molecule has 0 aliphatic carbocycles. The van der Waals surface area contributed by atoms with E-state index in [-0.39, 0.29) is 22.3 Å². The Hall–Kier alpha value is -4.02. The van der Waals surface area contributed by atoms with E-state index in [4.69, 9.17) is 23.8 Å². The van der Waals surface area contributed by atoms with Crippen molar-refractivity contribution in [1.82, 2.24) is 5.32 Å². The molecule has 0 bridgehead atoms. The van der Waals surface area contributed by atoms with Crippen molar-refractivity contribution in [3.63, 3.8) is 0 Å². The number of nitro groups is 1. The summed E-state index contributed by atoms with van der Waals surface area (Å²) in [6.45, 7) is 1.51. The zero-order valence-electron chi connectivity index (χ0n) is 19.7. The van der Waals surface area contributed by atoms with E-state index in [1.165, 1.54) is 6.07 Å². The molecule has 1 aliphatic heterocycles. The number of carbonyl (C=O) groups is 2. The fraction of sp³-hybridized carbons (Fsp3) is 0.192. The zero-order valence-corrected chi connectivity index (χ0v) is 21.3. The van der Waals surface area contributed by atoms with Crippen molar-refractivity contribution in [2.24, 2.45) is 0 Å². The van der Waals surface area contributed by atoms with Crippen LogP contribution < -0.4 is 20.9 Å². The topological polar surface area (TPSA) is 117 Å². The molecule has 1 heterocycles. The Morgan fingerprint density at radius 2 is 1.51 bits per heavy atom. The number of nitrogens with zero attached hydrogens (tertiary/aromatic N) is 2. The third kappa shape index (κ3) is 6.81. The highest BCUT2D eigenvalue weighted by molar-refractivity contribution is 7.80. The number of carbonyl (C=O) groups excluding carboxylic acids is 2. The van der Waals surface area contributed by atoms with Crippen LogP contribution in [0.15, 0.2) is 66.7 Å². The summed E-state index contributed by atoms with van der Waals surface area (Å²) in [4.78, 5) is 38.3. The summed E-state index contributed by atoms with van der Waals surface area (Å²) in [6.07, 6.45) is 3.07. The highest BCUT2D eigenvalue weighted by atomic mass is 35.5. The molecule has 1 fully saturated rings. The predicted molar refractivity (Wildman–Crippen MR) is 149 cm³/mol. The number of rotatable bonds is 6. The van der Waals surface area contributed by atoms with Gasteiger partial charge in [0.05, 0.1) is 4.92 Å². The van der Waals surface area contributed by atoms with Crippen LogP contribution in [0.3, 0.4) is 0 Å². The van der Waals surface area contributed by atoms with Gasteiger partial charge in [-0.05, 0) is 86.1 Å². The highest BCUT2D eigenvalue weighted by Gasteiger charge is 2.23. The molecule has 0 spiro atoms. The quantitative estimate of drug-likeness (QED) is 0.212. The van der Waals surface area contributed by atoms with Crippen LogP contribution in [0.5, 0.6) is 0 Å². The maximum absolute atomic E-state index is 12.7. The number of amides is 2. The van der Waals surface area contributed by atoms with Gasteiger partial charge in [-0.3, -0.25) is 25.0 Å². The molecule has 190 valence electrons. The van der Waals surface area contributed by atoms with Gasteiger partial charge in [-0.2, -0.15) is 0 Å². The van der Waals surface area contributed by atoms with Gasteiger partial charge in [-0.15, -0.1) is 0 Å². The number of hydrogen-bond acceptors (Lipinski definition) is 6. The van der Waals surface area contributed by atoms with Crippen LogP contribution >= 0.6 is 23.8 Å². The number of thiocarbonyl (C=S) groups is 1. The van der Waals surface area contributed by atoms with E-state index in [0.29, 0.717) is 27.6 Å². The van der Waals surface area contributed by atoms with E-state index in [2.05, 4.69) is 16.0 Å². The van der Waals surface area contributed by atoms with Crippen molar-refractivity contribution < 1.29 is 14.5 Å². The number of halogens is 1. The minimum atomic E-state index is -0.559. The molecule has 0 atom stereocenters. The van der Waals surface area contributed by atoms with Gasteiger partial charge in [-0.1, -0.05) is 17.7 Å². The number of anilines is 3. The van der Waals surface area contributed by atoms with Crippen molar-refractivity contribution in [2.45, 2.75) is 19.3 Å². The minimum absolute atomic E-state index is 0.0310. The molecule has 3 aromatic rings. The van der Waals surface area contributed by atoms with Gasteiger partial charge in [0.25, 0.3) is 17.5 Å². The van der Waals surface area contributed by atoms with Crippen LogP contribution in [0.4, 0.5) is 22.7 Å². The Labute approximate surface area is 224 Å². The predicted octanol–water partition coefficient (Wildman–Crippen LogP) is 5.62. The third-order valence-electron chi connectivity index (χ3n) is 5.85. The molecule has 3 aromatic carbocycles. The molecule has 11 heteroatoms. The van der Waals surface area contributed by atoms with Gasteiger partial charge in [0.15, 0.2) is 5.11 Å². The summed E-state index contributed by atoms with van der Waals surface area (Å²) in [5, 5.41) is 20.4. The highest BCUT2D eigenvalue weighted by Crippen LogP contribution is 2.31. The van der Waals surface area contributed by atoms with Crippen LogP contribution in [0.25, 0.3) is 0 Å². The number of benzene rings is 3. The van der Waals surface area contributed by atoms with E-state index in [1.807, 2.05) is 4.90 Å². The van der Waals surface area contributed by atoms with Gasteiger partial charge in [-0.25, -0.2) is 0 Å². The van der Waals surface area contributed by atoms with Gasteiger partial charge in [0.1, 0.15) is 5.69 Å². The monoisotopic (exact) mass is 537 g/mol. The normalized spacial score (nSPS) is 12.9. The van der Waals surface area contributed by atoms with E-state index in [1.54, 1.807) is 60.7 Å². The average Bonchev–Trinajstić information content (AvgIpc) is 2.89. The van der Waals surface area contributed by atoms with Crippen LogP contribution in [0.2, 0.25) is 5.02 Å². The van der Waals surface area contributed by atoms with Gasteiger partial charge < -0.3 is 15.5 Å². The molecular formula is C26H24ClN5O4S. The Bertz CT molecular complexity index is 1340. The van der Waals surface area contributed by atoms with Gasteiger partial charge in [0.2, 0.25) is 0 Å². The second-order valence-corrected chi connectivity index (χ2v) is 9.30. The van der Waals surface area contributed by atoms with Crippen molar-refractivity contribution >= 4 is 63.5 Å². The standard InChI is InChI=1S/C26H24ClN5O4S/c27-19-6-4-5-17(15-19)24(33)28-20-8-10-21(11-9-20)29-26(37)30-25(34)18-7-12-22(23(16-18)32(35)36)31-13-2-1-3-14-31/h4-12,15-16H,1-3,13-14H2,(H,28,33)(H2,29,30,34,37). The fourth-order valence-electron chi connectivity index (χ4n) is 4.02. The molecule has 0 radical (unpaired) electrons. The molecule has 4 rings (SSSR count). The molecule has 37 heavy (non-hydrogen) atoms. The van der Waals surface area contributed by atoms with E-state index in [0.717, 1.165) is 32.4 Å². The Morgan fingerprint density at radius 1 is 0.865 bits per heavy atom. The van der Waals surface area contributed by atoms with Crippen LogP contribution in [0, 0.1) is 10.1 Å². The van der Waals surface area contributed by atoms with Gasteiger partial charge in [0, 0.05) is 46.7 Å². The molecule has 0 saturated carbocycles. The van der Waals surface area contributed by atoms with Crippen molar-refractivity contribution in [1.29, 1.82) is 0 Å².